The number of thioether (sulfide) groups is 1. The fourth-order valence-corrected chi connectivity index (χ4v) is 2.17. The predicted octanol–water partition coefficient (Wildman–Crippen LogP) is 2.54. The zero-order valence-electron chi connectivity index (χ0n) is 11.6. The van der Waals surface area contributed by atoms with Gasteiger partial charge < -0.3 is 15.8 Å². The van der Waals surface area contributed by atoms with Crippen LogP contribution in [0.2, 0.25) is 0 Å². The predicted molar refractivity (Wildman–Crippen MR) is 82.0 cm³/mol. The van der Waals surface area contributed by atoms with Gasteiger partial charge in [0.05, 0.1) is 6.61 Å². The smallest absolute Gasteiger partial charge is 0.251 e. The molecule has 4 nitrogen and oxygen atoms in total. The molecular formula is C14H22N2O2S. The number of hydrogen-bond donors (Lipinski definition) is 2. The summed E-state index contributed by atoms with van der Waals surface area (Å²) in [5, 5.41) is 2.90. The molecule has 1 aromatic carbocycles. The molecule has 0 saturated carbocycles. The Balaban J connectivity index is 2.51. The Morgan fingerprint density at radius 3 is 2.84 bits per heavy atom. The molecule has 0 aliphatic heterocycles. The Labute approximate surface area is 119 Å². The second-order valence-corrected chi connectivity index (χ2v) is 5.17. The minimum atomic E-state index is -0.0996. The zero-order valence-corrected chi connectivity index (χ0v) is 12.4. The standard InChI is InChI=1S/C14H22N2O2S/c1-3-18-13-9-11(8-12(15)10-13)14(17)16-6-4-5-7-19-2/h8-10H,3-7,15H2,1-2H3,(H,16,17). The molecule has 0 atom stereocenters. The second kappa shape index (κ2) is 8.69. The number of benzene rings is 1. The van der Waals surface area contributed by atoms with Crippen LogP contribution in [0.5, 0.6) is 5.75 Å². The Bertz CT molecular complexity index is 410. The van der Waals surface area contributed by atoms with Gasteiger partial charge in [-0.15, -0.1) is 0 Å². The van der Waals surface area contributed by atoms with Gasteiger partial charge in [-0.25, -0.2) is 0 Å². The number of carbonyl (C=O) groups is 1. The number of nitrogens with one attached hydrogen (secondary N) is 1. The first-order valence-corrected chi connectivity index (χ1v) is 7.87. The van der Waals surface area contributed by atoms with Gasteiger partial charge in [0.2, 0.25) is 0 Å². The van der Waals surface area contributed by atoms with Crippen molar-refractivity contribution in [3.05, 3.63) is 23.8 Å². The highest BCUT2D eigenvalue weighted by Crippen LogP contribution is 2.18. The van der Waals surface area contributed by atoms with Gasteiger partial charge in [-0.3, -0.25) is 4.79 Å². The second-order valence-electron chi connectivity index (χ2n) is 4.18. The average molecular weight is 282 g/mol. The van der Waals surface area contributed by atoms with Crippen LogP contribution < -0.4 is 15.8 Å². The van der Waals surface area contributed by atoms with Crippen molar-refractivity contribution in [1.82, 2.24) is 5.32 Å². The number of ether oxygens (including phenoxy) is 1. The summed E-state index contributed by atoms with van der Waals surface area (Å²) in [5.41, 5.74) is 6.85. The lowest BCUT2D eigenvalue weighted by molar-refractivity contribution is 0.0953. The largest absolute Gasteiger partial charge is 0.494 e. The molecule has 0 saturated heterocycles. The van der Waals surface area contributed by atoms with Crippen molar-refractivity contribution in [2.24, 2.45) is 0 Å². The van der Waals surface area contributed by atoms with Crippen molar-refractivity contribution < 1.29 is 9.53 Å². The molecule has 3 N–H and O–H groups in total. The summed E-state index contributed by atoms with van der Waals surface area (Å²) in [4.78, 5) is 12.0. The normalized spacial score (nSPS) is 10.2. The van der Waals surface area contributed by atoms with Crippen LogP contribution in [0.4, 0.5) is 5.69 Å². The van der Waals surface area contributed by atoms with E-state index in [9.17, 15) is 4.79 Å². The molecule has 0 aliphatic rings. The minimum Gasteiger partial charge on any atom is -0.494 e. The van der Waals surface area contributed by atoms with E-state index in [1.54, 1.807) is 18.2 Å². The van der Waals surface area contributed by atoms with Crippen molar-refractivity contribution in [2.75, 3.05) is 30.9 Å². The molecule has 1 rings (SSSR count). The monoisotopic (exact) mass is 282 g/mol. The molecule has 0 aliphatic carbocycles. The number of anilines is 1. The van der Waals surface area contributed by atoms with E-state index in [0.29, 0.717) is 30.2 Å². The first kappa shape index (κ1) is 15.7. The van der Waals surface area contributed by atoms with E-state index in [4.69, 9.17) is 10.5 Å². The third kappa shape index (κ3) is 5.87. The Kier molecular flexibility index (Phi) is 7.18. The van der Waals surface area contributed by atoms with Gasteiger partial charge in [-0.2, -0.15) is 11.8 Å². The third-order valence-corrected chi connectivity index (χ3v) is 3.26. The lowest BCUT2D eigenvalue weighted by atomic mass is 10.1. The van der Waals surface area contributed by atoms with E-state index in [1.165, 1.54) is 0 Å². The molecule has 0 heterocycles. The average Bonchev–Trinajstić information content (AvgIpc) is 2.38. The first-order valence-electron chi connectivity index (χ1n) is 6.48. The highest BCUT2D eigenvalue weighted by atomic mass is 32.2. The summed E-state index contributed by atoms with van der Waals surface area (Å²) in [5.74, 6) is 1.66. The summed E-state index contributed by atoms with van der Waals surface area (Å²) in [7, 11) is 0. The van der Waals surface area contributed by atoms with E-state index >= 15 is 0 Å². The lowest BCUT2D eigenvalue weighted by Crippen LogP contribution is -2.24. The molecule has 0 bridgehead atoms. The van der Waals surface area contributed by atoms with Crippen LogP contribution in [0.3, 0.4) is 0 Å². The van der Waals surface area contributed by atoms with Gasteiger partial charge in [0.15, 0.2) is 0 Å². The van der Waals surface area contributed by atoms with E-state index in [1.807, 2.05) is 18.7 Å². The Hall–Kier alpha value is -1.36. The topological polar surface area (TPSA) is 64.3 Å². The van der Waals surface area contributed by atoms with E-state index in [0.717, 1.165) is 18.6 Å². The maximum absolute atomic E-state index is 12.0. The van der Waals surface area contributed by atoms with Crippen molar-refractivity contribution in [2.45, 2.75) is 19.8 Å². The van der Waals surface area contributed by atoms with Gasteiger partial charge >= 0.3 is 0 Å². The van der Waals surface area contributed by atoms with Gasteiger partial charge in [0.1, 0.15) is 5.75 Å². The van der Waals surface area contributed by atoms with Crippen LogP contribution in [-0.4, -0.2) is 31.1 Å². The maximum Gasteiger partial charge on any atom is 0.251 e. The molecule has 0 spiro atoms. The number of unbranched alkanes of at least 4 members (excludes halogenated alkanes) is 1. The molecule has 0 aromatic heterocycles. The molecule has 0 radical (unpaired) electrons. The molecule has 0 fully saturated rings. The van der Waals surface area contributed by atoms with Crippen molar-refractivity contribution in [3.8, 4) is 5.75 Å². The van der Waals surface area contributed by atoms with Gasteiger partial charge in [0, 0.05) is 23.9 Å². The van der Waals surface area contributed by atoms with E-state index < -0.39 is 0 Å². The first-order chi connectivity index (χ1) is 9.17. The summed E-state index contributed by atoms with van der Waals surface area (Å²) < 4.78 is 5.37. The number of rotatable bonds is 8. The van der Waals surface area contributed by atoms with Gasteiger partial charge in [0.25, 0.3) is 5.91 Å². The molecule has 1 amide bonds. The summed E-state index contributed by atoms with van der Waals surface area (Å²) >= 11 is 1.82. The molecule has 106 valence electrons. The van der Waals surface area contributed by atoms with Crippen molar-refractivity contribution >= 4 is 23.4 Å². The van der Waals surface area contributed by atoms with Crippen LogP contribution in [0, 0.1) is 0 Å². The fourth-order valence-electron chi connectivity index (χ4n) is 1.68. The van der Waals surface area contributed by atoms with Crippen LogP contribution in [-0.2, 0) is 0 Å². The van der Waals surface area contributed by atoms with Gasteiger partial charge in [-0.1, -0.05) is 0 Å². The van der Waals surface area contributed by atoms with Crippen LogP contribution in [0.15, 0.2) is 18.2 Å². The minimum absolute atomic E-state index is 0.0996. The molecule has 1 aromatic rings. The highest BCUT2D eigenvalue weighted by Gasteiger charge is 2.07. The number of carbonyl (C=O) groups excluding carboxylic acids is 1. The maximum atomic E-state index is 12.0. The molecule has 5 heteroatoms. The molecule has 19 heavy (non-hydrogen) atoms. The quantitative estimate of drug-likeness (QED) is 0.568. The van der Waals surface area contributed by atoms with Crippen LogP contribution in [0.25, 0.3) is 0 Å². The van der Waals surface area contributed by atoms with E-state index in [-0.39, 0.29) is 5.91 Å². The van der Waals surface area contributed by atoms with Crippen molar-refractivity contribution in [3.63, 3.8) is 0 Å². The van der Waals surface area contributed by atoms with E-state index in [2.05, 4.69) is 11.6 Å². The summed E-state index contributed by atoms with van der Waals surface area (Å²) in [6.45, 7) is 3.14. The molecule has 0 unspecified atom stereocenters. The highest BCUT2D eigenvalue weighted by molar-refractivity contribution is 7.98. The fraction of sp³-hybridized carbons (Fsp3) is 0.500. The van der Waals surface area contributed by atoms with Crippen LogP contribution >= 0.6 is 11.8 Å². The third-order valence-electron chi connectivity index (χ3n) is 2.56. The Morgan fingerprint density at radius 1 is 1.37 bits per heavy atom. The zero-order chi connectivity index (χ0) is 14.1. The van der Waals surface area contributed by atoms with Crippen LogP contribution in [0.1, 0.15) is 30.1 Å². The summed E-state index contributed by atoms with van der Waals surface area (Å²) in [6.07, 6.45) is 4.19. The van der Waals surface area contributed by atoms with Crippen molar-refractivity contribution in [1.29, 1.82) is 0 Å². The summed E-state index contributed by atoms with van der Waals surface area (Å²) in [6, 6.07) is 5.11. The molecular weight excluding hydrogens is 260 g/mol. The van der Waals surface area contributed by atoms with Gasteiger partial charge in [-0.05, 0) is 43.9 Å². The number of nitrogens with two attached hydrogens (primary N) is 1. The Morgan fingerprint density at radius 2 is 2.16 bits per heavy atom. The number of hydrogen-bond acceptors (Lipinski definition) is 4. The number of nitrogen functional groups attached to an aromatic ring is 1. The lowest BCUT2D eigenvalue weighted by Gasteiger charge is -2.09. The number of amides is 1. The SMILES string of the molecule is CCOc1cc(N)cc(C(=O)NCCCCSC)c1.